The molecule has 0 bridgehead atoms. The van der Waals surface area contributed by atoms with E-state index in [0.29, 0.717) is 35.3 Å². The normalized spacial score (nSPS) is 12.2. The molecule has 1 unspecified atom stereocenters. The summed E-state index contributed by atoms with van der Waals surface area (Å²) in [6.45, 7) is 4.56. The van der Waals surface area contributed by atoms with Crippen LogP contribution >= 0.6 is 0 Å². The van der Waals surface area contributed by atoms with Crippen molar-refractivity contribution in [3.05, 3.63) is 86.5 Å². The number of amides is 1. The second kappa shape index (κ2) is 10.7. The fourth-order valence-corrected chi connectivity index (χ4v) is 3.79. The summed E-state index contributed by atoms with van der Waals surface area (Å²) in [4.78, 5) is 43.0. The zero-order valence-electron chi connectivity index (χ0n) is 19.1. The minimum Gasteiger partial charge on any atom is -0.329 e. The molecule has 0 aliphatic heterocycles. The third kappa shape index (κ3) is 5.34. The summed E-state index contributed by atoms with van der Waals surface area (Å²) >= 11 is 0. The summed E-state index contributed by atoms with van der Waals surface area (Å²) in [5.74, 6) is 0.352. The third-order valence-electron chi connectivity index (χ3n) is 5.64. The van der Waals surface area contributed by atoms with Crippen molar-refractivity contribution in [2.75, 3.05) is 6.54 Å². The SMILES string of the molecule is CCCCN(C(=O)/C=C/c1ccc([N+](=O)[O-])cc1)C(CC)c1nc2ccccc2c(=O)n1C. The molecular formula is C25H28N4O4. The molecule has 0 aliphatic carbocycles. The van der Waals surface area contributed by atoms with Crippen molar-refractivity contribution in [1.29, 1.82) is 0 Å². The Balaban J connectivity index is 1.95. The van der Waals surface area contributed by atoms with Gasteiger partial charge in [0.25, 0.3) is 11.2 Å². The van der Waals surface area contributed by atoms with E-state index < -0.39 is 4.92 Å². The number of nitrogens with zero attached hydrogens (tertiary/aromatic N) is 4. The number of carbonyl (C=O) groups is 1. The Hall–Kier alpha value is -3.81. The van der Waals surface area contributed by atoms with E-state index in [2.05, 4.69) is 6.92 Å². The smallest absolute Gasteiger partial charge is 0.269 e. The highest BCUT2D eigenvalue weighted by molar-refractivity contribution is 5.92. The zero-order chi connectivity index (χ0) is 24.0. The highest BCUT2D eigenvalue weighted by Gasteiger charge is 2.26. The van der Waals surface area contributed by atoms with Crippen molar-refractivity contribution in [1.82, 2.24) is 14.5 Å². The van der Waals surface area contributed by atoms with Crippen LogP contribution in [0.1, 0.15) is 50.5 Å². The molecule has 8 heteroatoms. The standard InChI is InChI=1S/C25H28N4O4/c1-4-6-17-28(23(30)16-13-18-11-14-19(15-12-18)29(32)33)22(5-2)24-26-21-10-8-7-9-20(21)25(31)27(24)3/h7-16,22H,4-6,17H2,1-3H3/b16-13+. The van der Waals surface area contributed by atoms with Gasteiger partial charge in [-0.15, -0.1) is 0 Å². The van der Waals surface area contributed by atoms with Gasteiger partial charge in [0.05, 0.1) is 21.9 Å². The highest BCUT2D eigenvalue weighted by Crippen LogP contribution is 2.24. The van der Waals surface area contributed by atoms with Crippen molar-refractivity contribution in [3.8, 4) is 0 Å². The highest BCUT2D eigenvalue weighted by atomic mass is 16.6. The van der Waals surface area contributed by atoms with E-state index in [-0.39, 0.29) is 23.2 Å². The van der Waals surface area contributed by atoms with E-state index in [0.717, 1.165) is 12.8 Å². The van der Waals surface area contributed by atoms with Gasteiger partial charge in [-0.3, -0.25) is 24.3 Å². The molecule has 1 amide bonds. The Morgan fingerprint density at radius 2 is 1.88 bits per heavy atom. The molecule has 1 aromatic heterocycles. The lowest BCUT2D eigenvalue weighted by Crippen LogP contribution is -2.38. The van der Waals surface area contributed by atoms with Crippen LogP contribution in [0.5, 0.6) is 0 Å². The van der Waals surface area contributed by atoms with Gasteiger partial charge in [0.15, 0.2) is 0 Å². The van der Waals surface area contributed by atoms with E-state index >= 15 is 0 Å². The lowest BCUT2D eigenvalue weighted by atomic mass is 10.1. The lowest BCUT2D eigenvalue weighted by Gasteiger charge is -2.31. The van der Waals surface area contributed by atoms with Gasteiger partial charge in [-0.05, 0) is 48.7 Å². The predicted octanol–water partition coefficient (Wildman–Crippen LogP) is 4.63. The summed E-state index contributed by atoms with van der Waals surface area (Å²) in [6.07, 6.45) is 5.44. The van der Waals surface area contributed by atoms with Gasteiger partial charge < -0.3 is 4.90 Å². The zero-order valence-corrected chi connectivity index (χ0v) is 19.1. The second-order valence-electron chi connectivity index (χ2n) is 7.84. The van der Waals surface area contributed by atoms with Crippen LogP contribution in [0.25, 0.3) is 17.0 Å². The maximum atomic E-state index is 13.2. The first-order valence-corrected chi connectivity index (χ1v) is 11.1. The number of carbonyl (C=O) groups excluding carboxylic acids is 1. The van der Waals surface area contributed by atoms with E-state index in [9.17, 15) is 19.7 Å². The van der Waals surface area contributed by atoms with Crippen LogP contribution < -0.4 is 5.56 Å². The number of nitro benzene ring substituents is 1. The predicted molar refractivity (Wildman–Crippen MR) is 129 cm³/mol. The quantitative estimate of drug-likeness (QED) is 0.270. The van der Waals surface area contributed by atoms with Crippen molar-refractivity contribution in [2.24, 2.45) is 7.05 Å². The van der Waals surface area contributed by atoms with Crippen molar-refractivity contribution in [3.63, 3.8) is 0 Å². The first-order chi connectivity index (χ1) is 15.9. The van der Waals surface area contributed by atoms with Crippen LogP contribution in [0.15, 0.2) is 59.4 Å². The molecule has 3 rings (SSSR count). The second-order valence-corrected chi connectivity index (χ2v) is 7.84. The number of hydrogen-bond donors (Lipinski definition) is 0. The van der Waals surface area contributed by atoms with Crippen molar-refractivity contribution >= 4 is 28.6 Å². The number of hydrogen-bond acceptors (Lipinski definition) is 5. The van der Waals surface area contributed by atoms with Gasteiger partial charge in [0.1, 0.15) is 5.82 Å². The Kier molecular flexibility index (Phi) is 7.71. The minimum atomic E-state index is -0.461. The molecule has 1 atom stereocenters. The van der Waals surface area contributed by atoms with Crippen LogP contribution in [0, 0.1) is 10.1 Å². The number of non-ortho nitro benzene ring substituents is 1. The van der Waals surface area contributed by atoms with Crippen LogP contribution in [0.3, 0.4) is 0 Å². The van der Waals surface area contributed by atoms with Crippen LogP contribution in [0.2, 0.25) is 0 Å². The minimum absolute atomic E-state index is 0.00242. The number of benzene rings is 2. The molecule has 0 aliphatic rings. The first kappa shape index (κ1) is 23.8. The summed E-state index contributed by atoms with van der Waals surface area (Å²) in [6, 6.07) is 12.9. The van der Waals surface area contributed by atoms with Gasteiger partial charge in [0.2, 0.25) is 5.91 Å². The molecule has 0 saturated heterocycles. The molecule has 33 heavy (non-hydrogen) atoms. The molecule has 0 spiro atoms. The summed E-state index contributed by atoms with van der Waals surface area (Å²) in [7, 11) is 1.69. The monoisotopic (exact) mass is 448 g/mol. The molecule has 8 nitrogen and oxygen atoms in total. The van der Waals surface area contributed by atoms with Gasteiger partial charge in [-0.25, -0.2) is 4.98 Å². The van der Waals surface area contributed by atoms with E-state index in [1.54, 1.807) is 42.3 Å². The van der Waals surface area contributed by atoms with Gasteiger partial charge in [-0.2, -0.15) is 0 Å². The number of fused-ring (bicyclic) bond motifs is 1. The number of aromatic nitrogens is 2. The number of para-hydroxylation sites is 1. The van der Waals surface area contributed by atoms with Crippen LogP contribution in [-0.4, -0.2) is 31.8 Å². The topological polar surface area (TPSA) is 98.3 Å². The Bertz CT molecular complexity index is 1230. The Morgan fingerprint density at radius 3 is 2.52 bits per heavy atom. The maximum Gasteiger partial charge on any atom is 0.269 e. The lowest BCUT2D eigenvalue weighted by molar-refractivity contribution is -0.384. The maximum absolute atomic E-state index is 13.2. The van der Waals surface area contributed by atoms with Gasteiger partial charge in [0, 0.05) is 31.8 Å². The van der Waals surface area contributed by atoms with Crippen molar-refractivity contribution < 1.29 is 9.72 Å². The Morgan fingerprint density at radius 1 is 1.18 bits per heavy atom. The number of nitro groups is 1. The molecule has 1 heterocycles. The number of rotatable bonds is 9. The third-order valence-corrected chi connectivity index (χ3v) is 5.64. The summed E-state index contributed by atoms with van der Waals surface area (Å²) < 4.78 is 1.53. The largest absolute Gasteiger partial charge is 0.329 e. The van der Waals surface area contributed by atoms with Crippen LogP contribution in [-0.2, 0) is 11.8 Å². The number of unbranched alkanes of at least 4 members (excludes halogenated alkanes) is 1. The van der Waals surface area contributed by atoms with Gasteiger partial charge >= 0.3 is 0 Å². The molecular weight excluding hydrogens is 420 g/mol. The fourth-order valence-electron chi connectivity index (χ4n) is 3.79. The first-order valence-electron chi connectivity index (χ1n) is 11.1. The average Bonchev–Trinajstić information content (AvgIpc) is 2.83. The Labute approximate surface area is 192 Å². The molecule has 0 N–H and O–H groups in total. The average molecular weight is 449 g/mol. The molecule has 3 aromatic rings. The van der Waals surface area contributed by atoms with E-state index in [1.165, 1.54) is 22.8 Å². The molecule has 0 radical (unpaired) electrons. The van der Waals surface area contributed by atoms with E-state index in [4.69, 9.17) is 4.98 Å². The van der Waals surface area contributed by atoms with Crippen LogP contribution in [0.4, 0.5) is 5.69 Å². The molecule has 0 fully saturated rings. The summed E-state index contributed by atoms with van der Waals surface area (Å²) in [5, 5.41) is 11.4. The summed E-state index contributed by atoms with van der Waals surface area (Å²) in [5.41, 5.74) is 1.16. The van der Waals surface area contributed by atoms with Crippen molar-refractivity contribution in [2.45, 2.75) is 39.2 Å². The van der Waals surface area contributed by atoms with E-state index in [1.807, 2.05) is 19.1 Å². The molecule has 2 aromatic carbocycles. The molecule has 172 valence electrons. The van der Waals surface area contributed by atoms with Gasteiger partial charge in [-0.1, -0.05) is 32.4 Å². The molecule has 0 saturated carbocycles. The fraction of sp³-hybridized carbons (Fsp3) is 0.320.